The zero-order valence-corrected chi connectivity index (χ0v) is 18.0. The van der Waals surface area contributed by atoms with Crippen molar-refractivity contribution in [2.45, 2.75) is 88.4 Å². The Morgan fingerprint density at radius 1 is 0.611 bits per heavy atom. The molecule has 0 N–H and O–H groups in total. The Kier molecular flexibility index (Phi) is 3.35. The molecule has 0 aromatic heterocycles. The lowest BCUT2D eigenvalue weighted by Gasteiger charge is -2.50. The number of hydrogen-bond donors (Lipinski definition) is 0. The van der Waals surface area contributed by atoms with Gasteiger partial charge in [0, 0.05) is 30.4 Å². The van der Waals surface area contributed by atoms with Crippen molar-refractivity contribution in [1.82, 2.24) is 0 Å². The van der Waals surface area contributed by atoms with Gasteiger partial charge in [-0.05, 0) is 4.28 Å². The van der Waals surface area contributed by atoms with Gasteiger partial charge in [-0.2, -0.15) is 0 Å². The molecule has 106 valence electrons. The van der Waals surface area contributed by atoms with Crippen LogP contribution in [0.3, 0.4) is 0 Å². The van der Waals surface area contributed by atoms with Gasteiger partial charge in [0.05, 0.1) is 0 Å². The average Bonchev–Trinajstić information content (AvgIpc) is 2.54. The first kappa shape index (κ1) is 15.3. The number of hydrogen-bond acceptors (Lipinski definition) is 0. The average molecular weight is 315 g/mol. The molecule has 2 fully saturated rings. The molecule has 2 aliphatic rings. The highest BCUT2D eigenvalue weighted by molar-refractivity contribution is 7.71. The van der Waals surface area contributed by atoms with Crippen molar-refractivity contribution in [1.29, 1.82) is 0 Å². The van der Waals surface area contributed by atoms with Crippen molar-refractivity contribution in [3.63, 3.8) is 0 Å². The topological polar surface area (TPSA) is 0 Å². The minimum Gasteiger partial charge on any atom is -0.0713 e. The van der Waals surface area contributed by atoms with Gasteiger partial charge in [0.1, 0.15) is 0 Å². The van der Waals surface area contributed by atoms with Crippen LogP contribution in [-0.4, -0.2) is 30.4 Å². The highest BCUT2D eigenvalue weighted by Crippen LogP contribution is 2.75. The van der Waals surface area contributed by atoms with E-state index in [0.29, 0.717) is 0 Å². The summed E-state index contributed by atoms with van der Waals surface area (Å²) in [6, 6.07) is 1.64. The van der Waals surface area contributed by atoms with Crippen LogP contribution in [-0.2, 0) is 0 Å². The molecule has 1 spiro atoms. The van der Waals surface area contributed by atoms with Crippen LogP contribution in [0.2, 0.25) is 62.7 Å². The molecular weight excluding hydrogens is 280 g/mol. The third kappa shape index (κ3) is 1.46. The molecule has 18 heavy (non-hydrogen) atoms. The smallest absolute Gasteiger partial charge is 0.0418 e. The second-order valence-electron chi connectivity index (χ2n) is 9.22. The van der Waals surface area contributed by atoms with E-state index in [4.69, 9.17) is 0 Å². The van der Waals surface area contributed by atoms with Gasteiger partial charge < -0.3 is 0 Å². The Morgan fingerprint density at radius 2 is 1.11 bits per heavy atom. The number of rotatable bonds is 0. The summed E-state index contributed by atoms with van der Waals surface area (Å²) >= 11 is 0. The van der Waals surface area contributed by atoms with Gasteiger partial charge in [-0.3, -0.25) is 0 Å². The van der Waals surface area contributed by atoms with E-state index in [1.165, 1.54) is 6.42 Å². The van der Waals surface area contributed by atoms with Crippen LogP contribution in [0, 0.1) is 0 Å². The fourth-order valence-corrected chi connectivity index (χ4v) is 71.4. The SMILES string of the molecule is C[Si]1(C)CCCCCC2([Si]1(C)C)[Si](C)(C)[Si]2(C)C. The summed E-state index contributed by atoms with van der Waals surface area (Å²) < 4.78 is 1.00. The summed E-state index contributed by atoms with van der Waals surface area (Å²) in [6.45, 7) is 22.3. The van der Waals surface area contributed by atoms with Crippen LogP contribution in [0.25, 0.3) is 0 Å². The molecule has 0 nitrogen and oxygen atoms in total. The minimum atomic E-state index is -1.03. The molecule has 2 rings (SSSR count). The maximum absolute atomic E-state index is 2.83. The Morgan fingerprint density at radius 3 is 1.56 bits per heavy atom. The van der Waals surface area contributed by atoms with Crippen LogP contribution in [0.1, 0.15) is 25.7 Å². The van der Waals surface area contributed by atoms with Gasteiger partial charge in [-0.1, -0.05) is 84.1 Å². The summed E-state index contributed by atoms with van der Waals surface area (Å²) in [4.78, 5) is 0. The van der Waals surface area contributed by atoms with E-state index in [0.717, 1.165) is 4.28 Å². The van der Waals surface area contributed by atoms with Crippen LogP contribution in [0.15, 0.2) is 0 Å². The van der Waals surface area contributed by atoms with E-state index in [1.54, 1.807) is 25.3 Å². The zero-order valence-electron chi connectivity index (χ0n) is 14.0. The molecule has 0 aromatic rings. The fraction of sp³-hybridized carbons (Fsp3) is 1.00. The Labute approximate surface area is 119 Å². The monoisotopic (exact) mass is 314 g/mol. The molecule has 0 bridgehead atoms. The summed E-state index contributed by atoms with van der Waals surface area (Å²) in [6.07, 6.45) is 6.31. The fourth-order valence-electron chi connectivity index (χ4n) is 5.95. The van der Waals surface area contributed by atoms with Gasteiger partial charge in [0.15, 0.2) is 0 Å². The van der Waals surface area contributed by atoms with Crippen molar-refractivity contribution >= 4 is 30.4 Å². The molecule has 0 unspecified atom stereocenters. The van der Waals surface area contributed by atoms with E-state index in [1.807, 2.05) is 0 Å². The molecule has 2 saturated heterocycles. The van der Waals surface area contributed by atoms with Crippen LogP contribution in [0.4, 0.5) is 0 Å². The summed E-state index contributed by atoms with van der Waals surface area (Å²) in [5.41, 5.74) is 0. The van der Waals surface area contributed by atoms with Crippen LogP contribution >= 0.6 is 0 Å². The lowest BCUT2D eigenvalue weighted by Crippen LogP contribution is -2.62. The van der Waals surface area contributed by atoms with E-state index < -0.39 is 30.4 Å². The van der Waals surface area contributed by atoms with Crippen molar-refractivity contribution in [3.05, 3.63) is 0 Å². The highest BCUT2D eigenvalue weighted by atomic mass is 29.4. The Hall–Kier alpha value is 0.868. The van der Waals surface area contributed by atoms with Crippen LogP contribution in [0.5, 0.6) is 0 Å². The van der Waals surface area contributed by atoms with E-state index in [-0.39, 0.29) is 0 Å². The second kappa shape index (κ2) is 3.95. The van der Waals surface area contributed by atoms with Gasteiger partial charge in [0.25, 0.3) is 0 Å². The molecule has 0 amide bonds. The van der Waals surface area contributed by atoms with Gasteiger partial charge in [0.2, 0.25) is 0 Å². The molecule has 2 heterocycles. The van der Waals surface area contributed by atoms with Gasteiger partial charge in [-0.15, -0.1) is 0 Å². The van der Waals surface area contributed by atoms with Gasteiger partial charge in [-0.25, -0.2) is 0 Å². The highest BCUT2D eigenvalue weighted by Gasteiger charge is 2.84. The largest absolute Gasteiger partial charge is 0.0713 e. The normalized spacial score (nSPS) is 34.7. The molecule has 0 aliphatic carbocycles. The first-order valence-corrected chi connectivity index (χ1v) is 22.2. The lowest BCUT2D eigenvalue weighted by atomic mass is 10.2. The Bertz CT molecular complexity index is 341. The maximum Gasteiger partial charge on any atom is 0.0418 e. The van der Waals surface area contributed by atoms with Crippen molar-refractivity contribution in [2.75, 3.05) is 0 Å². The summed E-state index contributed by atoms with van der Waals surface area (Å²) in [5, 5.41) is 0. The first-order valence-electron chi connectivity index (χ1n) is 7.96. The first-order chi connectivity index (χ1) is 7.96. The molecule has 0 saturated carbocycles. The van der Waals surface area contributed by atoms with E-state index in [9.17, 15) is 0 Å². The van der Waals surface area contributed by atoms with Crippen LogP contribution < -0.4 is 0 Å². The molecule has 0 radical (unpaired) electrons. The maximum atomic E-state index is 2.83. The molecule has 0 atom stereocenters. The molecule has 0 aromatic carbocycles. The van der Waals surface area contributed by atoms with E-state index in [2.05, 4.69) is 52.4 Å². The van der Waals surface area contributed by atoms with Crippen molar-refractivity contribution in [2.24, 2.45) is 0 Å². The predicted octanol–water partition coefficient (Wildman–Crippen LogP) is 5.38. The second-order valence-corrected chi connectivity index (χ2v) is 42.6. The molecule has 2 aliphatic heterocycles. The zero-order chi connectivity index (χ0) is 14.0. The summed E-state index contributed by atoms with van der Waals surface area (Å²) in [7, 11) is -3.73. The summed E-state index contributed by atoms with van der Waals surface area (Å²) in [5.74, 6) is 0. The third-order valence-electron chi connectivity index (χ3n) is 8.25. The van der Waals surface area contributed by atoms with E-state index >= 15 is 0 Å². The quantitative estimate of drug-likeness (QED) is 0.526. The lowest BCUT2D eigenvalue weighted by molar-refractivity contribution is 0.654. The minimum absolute atomic E-state index is 0.882. The molecule has 4 heteroatoms. The third-order valence-corrected chi connectivity index (χ3v) is 60.6. The standard InChI is InChI=1S/C14H34Si4/c1-15(2)13-11-9-10-12-14(16(15,3)4)17(5,6)18(14,7)8/h9-13H2,1-8H3. The van der Waals surface area contributed by atoms with Crippen molar-refractivity contribution < 1.29 is 0 Å². The van der Waals surface area contributed by atoms with Crippen molar-refractivity contribution in [3.8, 4) is 0 Å². The van der Waals surface area contributed by atoms with Gasteiger partial charge >= 0.3 is 0 Å². The Balaban J connectivity index is 2.52. The predicted molar refractivity (Wildman–Crippen MR) is 95.9 cm³/mol. The molecular formula is C14H34Si4.